The normalized spacial score (nSPS) is 11.8. The summed E-state index contributed by atoms with van der Waals surface area (Å²) in [5.41, 5.74) is 2.15. The van der Waals surface area contributed by atoms with Crippen LogP contribution < -0.4 is 0 Å². The van der Waals surface area contributed by atoms with Crippen LogP contribution in [-0.4, -0.2) is 25.1 Å². The fourth-order valence-corrected chi connectivity index (χ4v) is 3.97. The number of benzene rings is 2. The van der Waals surface area contributed by atoms with Crippen LogP contribution in [0.2, 0.25) is 5.02 Å². The van der Waals surface area contributed by atoms with Gasteiger partial charge in [0.25, 0.3) is 5.91 Å². The summed E-state index contributed by atoms with van der Waals surface area (Å²) in [5.74, 6) is -0.139. The monoisotopic (exact) mass is 403 g/mol. The summed E-state index contributed by atoms with van der Waals surface area (Å²) >= 11 is 5.94. The largest absolute Gasteiger partial charge is 0.280 e. The number of aryl methyl sites for hydroxylation is 1. The highest BCUT2D eigenvalue weighted by molar-refractivity contribution is 7.90. The maximum absolute atomic E-state index is 13.2. The van der Waals surface area contributed by atoms with Crippen molar-refractivity contribution in [2.75, 3.05) is 6.26 Å². The Morgan fingerprint density at radius 3 is 2.37 bits per heavy atom. The molecule has 0 fully saturated rings. The van der Waals surface area contributed by atoms with Gasteiger partial charge in [-0.2, -0.15) is 0 Å². The number of aromatic nitrogens is 1. The first-order valence-corrected chi connectivity index (χ1v) is 11.2. The van der Waals surface area contributed by atoms with Gasteiger partial charge in [0.15, 0.2) is 9.84 Å². The van der Waals surface area contributed by atoms with Gasteiger partial charge in [-0.05, 0) is 61.4 Å². The summed E-state index contributed by atoms with van der Waals surface area (Å²) in [4.78, 5) is 13.4. The average Bonchev–Trinajstić information content (AvgIpc) is 2.98. The van der Waals surface area contributed by atoms with Crippen LogP contribution in [0.3, 0.4) is 0 Å². The quantitative estimate of drug-likeness (QED) is 0.537. The summed E-state index contributed by atoms with van der Waals surface area (Å²) in [6, 6.07) is 13.6. The molecule has 3 rings (SSSR count). The van der Waals surface area contributed by atoms with Crippen molar-refractivity contribution < 1.29 is 13.2 Å². The van der Waals surface area contributed by atoms with Crippen LogP contribution in [0.4, 0.5) is 0 Å². The summed E-state index contributed by atoms with van der Waals surface area (Å²) in [6.45, 7) is 2.13. The van der Waals surface area contributed by atoms with Crippen LogP contribution in [0.15, 0.2) is 53.4 Å². The topological polar surface area (TPSA) is 56.1 Å². The van der Waals surface area contributed by atoms with Gasteiger partial charge in [0.2, 0.25) is 0 Å². The van der Waals surface area contributed by atoms with Gasteiger partial charge in [0, 0.05) is 27.9 Å². The first-order chi connectivity index (χ1) is 12.8. The maximum Gasteiger partial charge on any atom is 0.262 e. The number of sulfone groups is 1. The Bertz CT molecular complexity index is 1080. The van der Waals surface area contributed by atoms with E-state index in [1.807, 2.05) is 6.07 Å². The lowest BCUT2D eigenvalue weighted by molar-refractivity contribution is 0.0962. The lowest BCUT2D eigenvalue weighted by Crippen LogP contribution is -2.15. The van der Waals surface area contributed by atoms with E-state index in [1.165, 1.54) is 6.26 Å². The van der Waals surface area contributed by atoms with E-state index < -0.39 is 9.84 Å². The standard InChI is InChI=1S/C21H22ClNO3S/c1-3-4-5-6-18-13-16-14-19(27(2,25)26)11-12-20(16)23(18)21(24)15-7-9-17(22)10-8-15/h7-14H,3-6H2,1-2H3. The van der Waals surface area contributed by atoms with E-state index in [4.69, 9.17) is 11.6 Å². The highest BCUT2D eigenvalue weighted by Gasteiger charge is 2.18. The third-order valence-corrected chi connectivity index (χ3v) is 5.97. The van der Waals surface area contributed by atoms with Crippen LogP contribution in [0.1, 0.15) is 42.2 Å². The van der Waals surface area contributed by atoms with Gasteiger partial charge in [-0.1, -0.05) is 31.4 Å². The first-order valence-electron chi connectivity index (χ1n) is 8.96. The molecule has 0 saturated heterocycles. The minimum Gasteiger partial charge on any atom is -0.280 e. The zero-order valence-electron chi connectivity index (χ0n) is 15.4. The number of carbonyl (C=O) groups is 1. The van der Waals surface area contributed by atoms with Gasteiger partial charge in [-0.25, -0.2) is 8.42 Å². The zero-order chi connectivity index (χ0) is 19.6. The molecule has 0 aliphatic rings. The van der Waals surface area contributed by atoms with Crippen LogP contribution in [-0.2, 0) is 16.3 Å². The molecule has 4 nitrogen and oxygen atoms in total. The molecular weight excluding hydrogens is 382 g/mol. The molecule has 2 aromatic carbocycles. The molecule has 0 N–H and O–H groups in total. The first kappa shape index (κ1) is 19.6. The SMILES string of the molecule is CCCCCc1cc2cc(S(C)(=O)=O)ccc2n1C(=O)c1ccc(Cl)cc1. The Kier molecular flexibility index (Phi) is 5.72. The lowest BCUT2D eigenvalue weighted by atomic mass is 10.1. The average molecular weight is 404 g/mol. The molecule has 0 unspecified atom stereocenters. The Balaban J connectivity index is 2.13. The molecule has 1 heterocycles. The number of unbranched alkanes of at least 4 members (excludes halogenated alkanes) is 2. The molecule has 0 saturated carbocycles. The van der Waals surface area contributed by atoms with Gasteiger partial charge >= 0.3 is 0 Å². The number of fused-ring (bicyclic) bond motifs is 1. The number of nitrogens with zero attached hydrogens (tertiary/aromatic N) is 1. The van der Waals surface area contributed by atoms with Crippen LogP contribution in [0.5, 0.6) is 0 Å². The summed E-state index contributed by atoms with van der Waals surface area (Å²) in [7, 11) is -3.30. The van der Waals surface area contributed by atoms with E-state index in [0.29, 0.717) is 16.1 Å². The van der Waals surface area contributed by atoms with Crippen molar-refractivity contribution in [3.63, 3.8) is 0 Å². The minimum absolute atomic E-state index is 0.139. The highest BCUT2D eigenvalue weighted by atomic mass is 35.5. The fourth-order valence-electron chi connectivity index (χ4n) is 3.18. The van der Waals surface area contributed by atoms with Crippen molar-refractivity contribution in [2.45, 2.75) is 37.5 Å². The van der Waals surface area contributed by atoms with E-state index in [0.717, 1.165) is 36.8 Å². The van der Waals surface area contributed by atoms with Crippen LogP contribution >= 0.6 is 11.6 Å². The predicted octanol–water partition coefficient (Wildman–Crippen LogP) is 5.12. The number of carbonyl (C=O) groups excluding carboxylic acids is 1. The molecule has 0 aliphatic carbocycles. The number of halogens is 1. The van der Waals surface area contributed by atoms with Gasteiger partial charge in [0.05, 0.1) is 10.4 Å². The number of hydrogen-bond donors (Lipinski definition) is 0. The van der Waals surface area contributed by atoms with E-state index in [9.17, 15) is 13.2 Å². The fraction of sp³-hybridized carbons (Fsp3) is 0.286. The van der Waals surface area contributed by atoms with Gasteiger partial charge in [-0.15, -0.1) is 0 Å². The second kappa shape index (κ2) is 7.87. The summed E-state index contributed by atoms with van der Waals surface area (Å²) < 4.78 is 25.5. The van der Waals surface area contributed by atoms with Crippen LogP contribution in [0.25, 0.3) is 10.9 Å². The third kappa shape index (κ3) is 4.25. The molecule has 0 atom stereocenters. The Labute approximate surface area is 164 Å². The Morgan fingerprint density at radius 1 is 1.04 bits per heavy atom. The van der Waals surface area contributed by atoms with E-state index in [2.05, 4.69) is 6.92 Å². The number of hydrogen-bond acceptors (Lipinski definition) is 3. The Hall–Kier alpha value is -2.11. The van der Waals surface area contributed by atoms with Crippen molar-refractivity contribution >= 4 is 38.2 Å². The van der Waals surface area contributed by atoms with Crippen molar-refractivity contribution in [3.05, 3.63) is 64.8 Å². The summed E-state index contributed by atoms with van der Waals surface area (Å²) in [6.07, 6.45) is 5.08. The maximum atomic E-state index is 13.2. The minimum atomic E-state index is -3.30. The molecule has 3 aromatic rings. The molecule has 0 aliphatic heterocycles. The lowest BCUT2D eigenvalue weighted by Gasteiger charge is -2.10. The van der Waals surface area contributed by atoms with E-state index >= 15 is 0 Å². The number of rotatable bonds is 6. The van der Waals surface area contributed by atoms with Crippen molar-refractivity contribution in [1.82, 2.24) is 4.57 Å². The van der Waals surface area contributed by atoms with Crippen molar-refractivity contribution in [2.24, 2.45) is 0 Å². The van der Waals surface area contributed by atoms with Crippen LogP contribution in [0, 0.1) is 0 Å². The van der Waals surface area contributed by atoms with Gasteiger partial charge < -0.3 is 0 Å². The third-order valence-electron chi connectivity index (χ3n) is 4.61. The molecular formula is C21H22ClNO3S. The van der Waals surface area contributed by atoms with E-state index in [1.54, 1.807) is 47.0 Å². The smallest absolute Gasteiger partial charge is 0.262 e. The Morgan fingerprint density at radius 2 is 1.74 bits per heavy atom. The molecule has 0 amide bonds. The predicted molar refractivity (Wildman–Crippen MR) is 109 cm³/mol. The summed E-state index contributed by atoms with van der Waals surface area (Å²) in [5, 5.41) is 1.33. The molecule has 27 heavy (non-hydrogen) atoms. The van der Waals surface area contributed by atoms with E-state index in [-0.39, 0.29) is 10.8 Å². The van der Waals surface area contributed by atoms with Crippen molar-refractivity contribution in [3.8, 4) is 0 Å². The van der Waals surface area contributed by atoms with Gasteiger partial charge in [-0.3, -0.25) is 9.36 Å². The molecule has 6 heteroatoms. The second-order valence-corrected chi connectivity index (χ2v) is 9.19. The highest BCUT2D eigenvalue weighted by Crippen LogP contribution is 2.26. The van der Waals surface area contributed by atoms with Gasteiger partial charge in [0.1, 0.15) is 0 Å². The molecule has 0 bridgehead atoms. The molecule has 0 spiro atoms. The molecule has 1 aromatic heterocycles. The molecule has 142 valence electrons. The second-order valence-electron chi connectivity index (χ2n) is 6.73. The zero-order valence-corrected chi connectivity index (χ0v) is 17.0. The van der Waals surface area contributed by atoms with Crippen molar-refractivity contribution in [1.29, 1.82) is 0 Å². The molecule has 0 radical (unpaired) electrons.